The highest BCUT2D eigenvalue weighted by Gasteiger charge is 2.20. The molecule has 0 aliphatic heterocycles. The second kappa shape index (κ2) is 9.41. The number of nitrogens with one attached hydrogen (secondary N) is 1. The van der Waals surface area contributed by atoms with Crippen molar-refractivity contribution < 1.29 is 23.5 Å². The van der Waals surface area contributed by atoms with E-state index >= 15 is 0 Å². The Hall–Kier alpha value is -2.80. The molecular weight excluding hydrogens is 384 g/mol. The Bertz CT molecular complexity index is 891. The van der Waals surface area contributed by atoms with Crippen LogP contribution in [0.3, 0.4) is 0 Å². The quantitative estimate of drug-likeness (QED) is 0.711. The SMILES string of the molecule is CCN(CC(=O)Nc1cc(Cl)ccc1C)C(=O)COC(=O)c1cc(C)oc1C. The summed E-state index contributed by atoms with van der Waals surface area (Å²) in [6.07, 6.45) is 0. The minimum Gasteiger partial charge on any atom is -0.466 e. The molecular formula is C20H23ClN2O5. The molecule has 28 heavy (non-hydrogen) atoms. The summed E-state index contributed by atoms with van der Waals surface area (Å²) in [5, 5.41) is 3.24. The first-order valence-electron chi connectivity index (χ1n) is 8.79. The summed E-state index contributed by atoms with van der Waals surface area (Å²) in [6, 6.07) is 6.72. The van der Waals surface area contributed by atoms with Gasteiger partial charge in [0.2, 0.25) is 5.91 Å². The zero-order chi connectivity index (χ0) is 20.8. The van der Waals surface area contributed by atoms with Crippen LogP contribution in [-0.4, -0.2) is 42.4 Å². The molecule has 1 N–H and O–H groups in total. The highest BCUT2D eigenvalue weighted by atomic mass is 35.5. The van der Waals surface area contributed by atoms with Gasteiger partial charge in [0.1, 0.15) is 17.1 Å². The van der Waals surface area contributed by atoms with Crippen LogP contribution in [0.2, 0.25) is 5.02 Å². The van der Waals surface area contributed by atoms with Crippen LogP contribution < -0.4 is 5.32 Å². The van der Waals surface area contributed by atoms with Gasteiger partial charge in [0, 0.05) is 17.3 Å². The fraction of sp³-hybridized carbons (Fsp3) is 0.350. The number of ether oxygens (including phenoxy) is 1. The van der Waals surface area contributed by atoms with E-state index in [2.05, 4.69) is 5.32 Å². The number of halogens is 1. The number of nitrogens with zero attached hydrogens (tertiary/aromatic N) is 1. The maximum atomic E-state index is 12.3. The summed E-state index contributed by atoms with van der Waals surface area (Å²) in [6.45, 7) is 6.61. The van der Waals surface area contributed by atoms with E-state index in [1.54, 1.807) is 45.0 Å². The van der Waals surface area contributed by atoms with Crippen molar-refractivity contribution in [3.05, 3.63) is 51.9 Å². The van der Waals surface area contributed by atoms with E-state index < -0.39 is 18.5 Å². The third kappa shape index (κ3) is 5.60. The summed E-state index contributed by atoms with van der Waals surface area (Å²) in [5.74, 6) is -0.463. The average Bonchev–Trinajstić information content (AvgIpc) is 2.98. The van der Waals surface area contributed by atoms with Crippen LogP contribution in [0.1, 0.15) is 34.4 Å². The first-order chi connectivity index (χ1) is 13.2. The monoisotopic (exact) mass is 406 g/mol. The first kappa shape index (κ1) is 21.5. The number of benzene rings is 1. The summed E-state index contributed by atoms with van der Waals surface area (Å²) >= 11 is 5.95. The molecule has 8 heteroatoms. The number of carbonyl (C=O) groups is 3. The zero-order valence-electron chi connectivity index (χ0n) is 16.3. The van der Waals surface area contributed by atoms with Crippen LogP contribution in [0.15, 0.2) is 28.7 Å². The van der Waals surface area contributed by atoms with Crippen LogP contribution in [-0.2, 0) is 14.3 Å². The lowest BCUT2D eigenvalue weighted by Crippen LogP contribution is -2.40. The Labute approximate surface area is 168 Å². The Morgan fingerprint density at radius 2 is 1.89 bits per heavy atom. The molecule has 1 aromatic carbocycles. The predicted molar refractivity (Wildman–Crippen MR) is 106 cm³/mol. The molecule has 2 rings (SSSR count). The Morgan fingerprint density at radius 1 is 1.18 bits per heavy atom. The summed E-state index contributed by atoms with van der Waals surface area (Å²) in [7, 11) is 0. The minimum atomic E-state index is -0.641. The van der Waals surface area contributed by atoms with Gasteiger partial charge < -0.3 is 19.4 Å². The molecule has 0 aliphatic carbocycles. The maximum Gasteiger partial charge on any atom is 0.342 e. The molecule has 0 saturated carbocycles. The number of hydrogen-bond acceptors (Lipinski definition) is 5. The van der Waals surface area contributed by atoms with E-state index in [0.29, 0.717) is 28.8 Å². The van der Waals surface area contributed by atoms with E-state index in [1.807, 2.05) is 6.92 Å². The number of hydrogen-bond donors (Lipinski definition) is 1. The van der Waals surface area contributed by atoms with E-state index in [1.165, 1.54) is 4.90 Å². The number of amides is 2. The molecule has 150 valence electrons. The summed E-state index contributed by atoms with van der Waals surface area (Å²) in [4.78, 5) is 38.0. The van der Waals surface area contributed by atoms with E-state index in [4.69, 9.17) is 20.8 Å². The van der Waals surface area contributed by atoms with E-state index in [0.717, 1.165) is 5.56 Å². The van der Waals surface area contributed by atoms with Crippen molar-refractivity contribution in [1.82, 2.24) is 4.90 Å². The van der Waals surface area contributed by atoms with Crippen LogP contribution in [0, 0.1) is 20.8 Å². The average molecular weight is 407 g/mol. The molecule has 0 radical (unpaired) electrons. The van der Waals surface area contributed by atoms with Crippen LogP contribution >= 0.6 is 11.6 Å². The lowest BCUT2D eigenvalue weighted by atomic mass is 10.2. The zero-order valence-corrected chi connectivity index (χ0v) is 17.1. The molecule has 0 fully saturated rings. The fourth-order valence-corrected chi connectivity index (χ4v) is 2.77. The van der Waals surface area contributed by atoms with Gasteiger partial charge in [-0.2, -0.15) is 0 Å². The standard InChI is InChI=1S/C20H23ClN2O5/c1-5-23(10-18(24)22-17-9-15(21)7-6-12(17)2)19(25)11-27-20(26)16-8-13(3)28-14(16)4/h6-9H,5,10-11H2,1-4H3,(H,22,24). The summed E-state index contributed by atoms with van der Waals surface area (Å²) in [5.41, 5.74) is 1.72. The highest BCUT2D eigenvalue weighted by Crippen LogP contribution is 2.20. The van der Waals surface area contributed by atoms with Crippen molar-refractivity contribution in [2.75, 3.05) is 25.0 Å². The lowest BCUT2D eigenvalue weighted by molar-refractivity contribution is -0.137. The molecule has 7 nitrogen and oxygen atoms in total. The van der Waals surface area contributed by atoms with Crippen molar-refractivity contribution in [3.63, 3.8) is 0 Å². The molecule has 2 amide bonds. The van der Waals surface area contributed by atoms with Gasteiger partial charge >= 0.3 is 5.97 Å². The van der Waals surface area contributed by atoms with Crippen molar-refractivity contribution in [2.45, 2.75) is 27.7 Å². The van der Waals surface area contributed by atoms with Gasteiger partial charge in [0.25, 0.3) is 5.91 Å². The lowest BCUT2D eigenvalue weighted by Gasteiger charge is -2.20. The molecule has 0 saturated heterocycles. The number of furan rings is 1. The maximum absolute atomic E-state index is 12.3. The van der Waals surface area contributed by atoms with E-state index in [-0.39, 0.29) is 18.0 Å². The molecule has 2 aromatic rings. The topological polar surface area (TPSA) is 88.9 Å². The van der Waals surface area contributed by atoms with Crippen molar-refractivity contribution in [2.24, 2.45) is 0 Å². The number of esters is 1. The second-order valence-corrected chi connectivity index (χ2v) is 6.75. The van der Waals surface area contributed by atoms with Crippen LogP contribution in [0.4, 0.5) is 5.69 Å². The molecule has 0 bridgehead atoms. The third-order valence-corrected chi connectivity index (χ3v) is 4.37. The fourth-order valence-electron chi connectivity index (χ4n) is 2.60. The van der Waals surface area contributed by atoms with Crippen molar-refractivity contribution in [3.8, 4) is 0 Å². The van der Waals surface area contributed by atoms with Crippen LogP contribution in [0.5, 0.6) is 0 Å². The van der Waals surface area contributed by atoms with Crippen molar-refractivity contribution >= 4 is 35.1 Å². The highest BCUT2D eigenvalue weighted by molar-refractivity contribution is 6.31. The summed E-state index contributed by atoms with van der Waals surface area (Å²) < 4.78 is 10.3. The van der Waals surface area contributed by atoms with Gasteiger partial charge in [0.15, 0.2) is 6.61 Å². The molecule has 1 heterocycles. The second-order valence-electron chi connectivity index (χ2n) is 6.32. The number of anilines is 1. The van der Waals surface area contributed by atoms with E-state index in [9.17, 15) is 14.4 Å². The molecule has 1 aromatic heterocycles. The molecule has 0 atom stereocenters. The number of rotatable bonds is 7. The predicted octanol–water partition coefficient (Wildman–Crippen LogP) is 3.50. The molecule has 0 unspecified atom stereocenters. The van der Waals surface area contributed by atoms with Crippen molar-refractivity contribution in [1.29, 1.82) is 0 Å². The first-order valence-corrected chi connectivity index (χ1v) is 9.17. The van der Waals surface area contributed by atoms with Gasteiger partial charge in [-0.25, -0.2) is 4.79 Å². The number of carbonyl (C=O) groups excluding carboxylic acids is 3. The van der Waals surface area contributed by atoms with Gasteiger partial charge in [-0.05, 0) is 51.5 Å². The minimum absolute atomic E-state index is 0.164. The molecule has 0 spiro atoms. The largest absolute Gasteiger partial charge is 0.466 e. The van der Waals surface area contributed by atoms with Gasteiger partial charge in [-0.3, -0.25) is 9.59 Å². The normalized spacial score (nSPS) is 10.5. The third-order valence-electron chi connectivity index (χ3n) is 4.13. The van der Waals surface area contributed by atoms with Gasteiger partial charge in [-0.15, -0.1) is 0 Å². The number of likely N-dealkylation sites (N-methyl/N-ethyl adjacent to an activating group) is 1. The Morgan fingerprint density at radius 3 is 2.50 bits per heavy atom. The van der Waals surface area contributed by atoms with Gasteiger partial charge in [0.05, 0.1) is 6.54 Å². The number of aryl methyl sites for hydroxylation is 3. The van der Waals surface area contributed by atoms with Crippen LogP contribution in [0.25, 0.3) is 0 Å². The Balaban J connectivity index is 1.92. The Kier molecular flexibility index (Phi) is 7.23. The smallest absolute Gasteiger partial charge is 0.342 e. The molecule has 0 aliphatic rings. The van der Waals surface area contributed by atoms with Gasteiger partial charge in [-0.1, -0.05) is 17.7 Å².